The van der Waals surface area contributed by atoms with Crippen LogP contribution in [0.2, 0.25) is 0 Å². The maximum Gasteiger partial charge on any atom is 0.193 e. The van der Waals surface area contributed by atoms with Crippen molar-refractivity contribution in [2.24, 2.45) is 0 Å². The summed E-state index contributed by atoms with van der Waals surface area (Å²) in [6.07, 6.45) is 8.44. The molecule has 0 saturated heterocycles. The average Bonchev–Trinajstić information content (AvgIpc) is 2.90. The van der Waals surface area contributed by atoms with Crippen LogP contribution >= 0.6 is 11.3 Å². The zero-order chi connectivity index (χ0) is 11.7. The molecule has 3 aromatic heterocycles. The lowest BCUT2D eigenvalue weighted by molar-refractivity contribution is 0.176. The molecule has 5 nitrogen and oxygen atoms in total. The van der Waals surface area contributed by atoms with Gasteiger partial charge in [0.15, 0.2) is 4.96 Å². The molecule has 17 heavy (non-hydrogen) atoms. The third-order valence-electron chi connectivity index (χ3n) is 2.51. The third-order valence-corrected chi connectivity index (χ3v) is 3.28. The van der Waals surface area contributed by atoms with E-state index < -0.39 is 6.10 Å². The predicted molar refractivity (Wildman–Crippen MR) is 63.8 cm³/mol. The first-order chi connectivity index (χ1) is 8.33. The van der Waals surface area contributed by atoms with Crippen molar-refractivity contribution in [3.63, 3.8) is 0 Å². The van der Waals surface area contributed by atoms with Crippen LogP contribution in [-0.2, 0) is 6.42 Å². The number of aromatic nitrogens is 4. The highest BCUT2D eigenvalue weighted by Gasteiger charge is 2.11. The van der Waals surface area contributed by atoms with Gasteiger partial charge in [-0.25, -0.2) is 15.0 Å². The second kappa shape index (κ2) is 4.23. The van der Waals surface area contributed by atoms with Crippen molar-refractivity contribution in [1.82, 2.24) is 19.4 Å². The molecule has 0 saturated carbocycles. The third kappa shape index (κ3) is 2.04. The Kier molecular flexibility index (Phi) is 2.58. The van der Waals surface area contributed by atoms with Crippen molar-refractivity contribution in [2.75, 3.05) is 0 Å². The highest BCUT2D eigenvalue weighted by atomic mass is 32.1. The Bertz CT molecular complexity index is 590. The first kappa shape index (κ1) is 10.4. The summed E-state index contributed by atoms with van der Waals surface area (Å²) in [7, 11) is 0. The highest BCUT2D eigenvalue weighted by Crippen LogP contribution is 2.18. The van der Waals surface area contributed by atoms with Crippen LogP contribution in [0, 0.1) is 0 Å². The van der Waals surface area contributed by atoms with Gasteiger partial charge in [0.1, 0.15) is 6.33 Å². The van der Waals surface area contributed by atoms with Crippen molar-refractivity contribution in [1.29, 1.82) is 0 Å². The number of aliphatic hydroxyl groups is 1. The number of nitrogens with zero attached hydrogens (tertiary/aromatic N) is 4. The zero-order valence-electron chi connectivity index (χ0n) is 8.89. The normalized spacial score (nSPS) is 13.0. The van der Waals surface area contributed by atoms with E-state index in [0.717, 1.165) is 10.7 Å². The highest BCUT2D eigenvalue weighted by molar-refractivity contribution is 7.15. The minimum absolute atomic E-state index is 0.474. The number of thiazole rings is 1. The quantitative estimate of drug-likeness (QED) is 0.760. The van der Waals surface area contributed by atoms with E-state index in [9.17, 15) is 5.11 Å². The molecule has 0 aliphatic carbocycles. The smallest absolute Gasteiger partial charge is 0.193 e. The molecule has 0 amide bonds. The topological polar surface area (TPSA) is 63.3 Å². The van der Waals surface area contributed by atoms with Crippen LogP contribution in [0.1, 0.15) is 17.4 Å². The minimum atomic E-state index is -0.610. The van der Waals surface area contributed by atoms with Gasteiger partial charge in [0.05, 0.1) is 11.8 Å². The molecule has 0 spiro atoms. The molecule has 1 N–H and O–H groups in total. The van der Waals surface area contributed by atoms with Gasteiger partial charge in [-0.15, -0.1) is 11.3 Å². The van der Waals surface area contributed by atoms with Gasteiger partial charge < -0.3 is 5.11 Å². The van der Waals surface area contributed by atoms with Gasteiger partial charge in [0.2, 0.25) is 0 Å². The zero-order valence-corrected chi connectivity index (χ0v) is 9.71. The lowest BCUT2D eigenvalue weighted by atomic mass is 10.1. The molecule has 0 aliphatic rings. The summed E-state index contributed by atoms with van der Waals surface area (Å²) >= 11 is 1.58. The van der Waals surface area contributed by atoms with Crippen LogP contribution < -0.4 is 0 Å². The Morgan fingerprint density at radius 1 is 1.35 bits per heavy atom. The summed E-state index contributed by atoms with van der Waals surface area (Å²) in [5, 5.41) is 12.0. The lowest BCUT2D eigenvalue weighted by Gasteiger charge is -2.07. The fraction of sp³-hybridized carbons (Fsp3) is 0.182. The van der Waals surface area contributed by atoms with E-state index >= 15 is 0 Å². The van der Waals surface area contributed by atoms with Gasteiger partial charge >= 0.3 is 0 Å². The van der Waals surface area contributed by atoms with Crippen LogP contribution in [-0.4, -0.2) is 24.5 Å². The molecule has 6 heteroatoms. The van der Waals surface area contributed by atoms with Crippen molar-refractivity contribution < 1.29 is 5.11 Å². The Morgan fingerprint density at radius 3 is 2.94 bits per heavy atom. The maximum absolute atomic E-state index is 10.0. The van der Waals surface area contributed by atoms with Crippen LogP contribution in [0.3, 0.4) is 0 Å². The maximum atomic E-state index is 10.0. The Labute approximate surface area is 101 Å². The second-order valence-corrected chi connectivity index (χ2v) is 4.59. The standard InChI is InChI=1S/C11H10N4OS/c16-10(8-4-12-7-13-5-8)3-9-6-15-1-2-17-11(15)14-9/h1-2,4-7,10,16H,3H2. The molecular formula is C11H10N4OS. The Hall–Kier alpha value is -1.79. The van der Waals surface area contributed by atoms with Gasteiger partial charge in [-0.05, 0) is 0 Å². The van der Waals surface area contributed by atoms with Crippen molar-refractivity contribution in [2.45, 2.75) is 12.5 Å². The Morgan fingerprint density at radius 2 is 2.18 bits per heavy atom. The first-order valence-electron chi connectivity index (χ1n) is 5.17. The summed E-state index contributed by atoms with van der Waals surface area (Å²) in [4.78, 5) is 13.1. The molecule has 1 unspecified atom stereocenters. The summed E-state index contributed by atoms with van der Waals surface area (Å²) in [5.74, 6) is 0. The molecule has 1 atom stereocenters. The van der Waals surface area contributed by atoms with E-state index in [0.29, 0.717) is 12.0 Å². The van der Waals surface area contributed by atoms with E-state index in [2.05, 4.69) is 15.0 Å². The summed E-state index contributed by atoms with van der Waals surface area (Å²) < 4.78 is 1.95. The van der Waals surface area contributed by atoms with Gasteiger partial charge in [0, 0.05) is 42.2 Å². The SMILES string of the molecule is OC(Cc1cn2ccsc2n1)c1cncnc1. The average molecular weight is 246 g/mol. The minimum Gasteiger partial charge on any atom is -0.388 e. The fourth-order valence-corrected chi connectivity index (χ4v) is 2.39. The van der Waals surface area contributed by atoms with E-state index in [-0.39, 0.29) is 0 Å². The van der Waals surface area contributed by atoms with Crippen molar-refractivity contribution >= 4 is 16.3 Å². The molecule has 3 rings (SSSR count). The summed E-state index contributed by atoms with van der Waals surface area (Å²) in [6.45, 7) is 0. The molecule has 0 bridgehead atoms. The molecule has 3 heterocycles. The summed E-state index contributed by atoms with van der Waals surface area (Å²) in [5.41, 5.74) is 1.58. The molecule has 86 valence electrons. The van der Waals surface area contributed by atoms with Crippen LogP contribution in [0.25, 0.3) is 4.96 Å². The van der Waals surface area contributed by atoms with Gasteiger partial charge in [0.25, 0.3) is 0 Å². The number of rotatable bonds is 3. The van der Waals surface area contributed by atoms with Gasteiger partial charge in [-0.1, -0.05) is 0 Å². The van der Waals surface area contributed by atoms with E-state index in [1.807, 2.05) is 22.2 Å². The molecular weight excluding hydrogens is 236 g/mol. The van der Waals surface area contributed by atoms with E-state index in [1.165, 1.54) is 6.33 Å². The molecule has 0 aliphatic heterocycles. The molecule has 3 aromatic rings. The van der Waals surface area contributed by atoms with Crippen LogP contribution in [0.15, 0.2) is 36.5 Å². The van der Waals surface area contributed by atoms with E-state index in [4.69, 9.17) is 0 Å². The van der Waals surface area contributed by atoms with Gasteiger partial charge in [-0.2, -0.15) is 0 Å². The van der Waals surface area contributed by atoms with Crippen LogP contribution in [0.4, 0.5) is 0 Å². The first-order valence-corrected chi connectivity index (χ1v) is 6.05. The number of aliphatic hydroxyl groups excluding tert-OH is 1. The van der Waals surface area contributed by atoms with E-state index in [1.54, 1.807) is 23.7 Å². The van der Waals surface area contributed by atoms with Gasteiger partial charge in [-0.3, -0.25) is 4.40 Å². The van der Waals surface area contributed by atoms with Crippen LogP contribution in [0.5, 0.6) is 0 Å². The Balaban J connectivity index is 1.81. The number of fused-ring (bicyclic) bond motifs is 1. The number of hydrogen-bond acceptors (Lipinski definition) is 5. The fourth-order valence-electron chi connectivity index (χ4n) is 1.67. The van der Waals surface area contributed by atoms with Crippen molar-refractivity contribution in [3.8, 4) is 0 Å². The predicted octanol–water partition coefficient (Wildman–Crippen LogP) is 1.46. The van der Waals surface area contributed by atoms with Crippen molar-refractivity contribution in [3.05, 3.63) is 47.8 Å². The molecule has 0 fully saturated rings. The second-order valence-electron chi connectivity index (χ2n) is 3.72. The monoisotopic (exact) mass is 246 g/mol. The number of hydrogen-bond donors (Lipinski definition) is 1. The largest absolute Gasteiger partial charge is 0.388 e. The molecule has 0 radical (unpaired) electrons. The summed E-state index contributed by atoms with van der Waals surface area (Å²) in [6, 6.07) is 0. The molecule has 0 aromatic carbocycles. The number of imidazole rings is 1. The lowest BCUT2D eigenvalue weighted by Crippen LogP contribution is -2.03.